The number of urea groups is 1. The second-order valence-corrected chi connectivity index (χ2v) is 5.93. The zero-order chi connectivity index (χ0) is 16.4. The summed E-state index contributed by atoms with van der Waals surface area (Å²) >= 11 is 0. The average Bonchev–Trinajstić information content (AvgIpc) is 3.15. The van der Waals surface area contributed by atoms with Gasteiger partial charge in [-0.05, 0) is 31.0 Å². The third-order valence-electron chi connectivity index (χ3n) is 4.30. The first-order chi connectivity index (χ1) is 11.1. The van der Waals surface area contributed by atoms with E-state index in [4.69, 9.17) is 4.74 Å². The largest absolute Gasteiger partial charge is 0.497 e. The first-order valence-corrected chi connectivity index (χ1v) is 7.77. The van der Waals surface area contributed by atoms with E-state index in [0.717, 1.165) is 36.8 Å². The molecule has 0 saturated carbocycles. The molecule has 6 heteroatoms. The van der Waals surface area contributed by atoms with Gasteiger partial charge >= 0.3 is 6.03 Å². The number of methoxy groups -OCH3 is 1. The number of anilines is 1. The molecule has 0 radical (unpaired) electrons. The topological polar surface area (TPSA) is 59.4 Å². The zero-order valence-electron chi connectivity index (χ0n) is 13.7. The first kappa shape index (κ1) is 15.4. The minimum absolute atomic E-state index is 0.0657. The summed E-state index contributed by atoms with van der Waals surface area (Å²) in [7, 11) is 3.49. The van der Waals surface area contributed by atoms with Crippen LogP contribution in [0, 0.1) is 6.92 Å². The lowest BCUT2D eigenvalue weighted by atomic mass is 9.98. The Bertz CT molecular complexity index is 693. The predicted octanol–water partition coefficient (Wildman–Crippen LogP) is 2.76. The number of nitrogens with zero attached hydrogens (tertiary/aromatic N) is 3. The molecule has 122 valence electrons. The number of nitrogens with one attached hydrogen (secondary N) is 1. The molecule has 1 aromatic heterocycles. The van der Waals surface area contributed by atoms with Gasteiger partial charge in [0.05, 0.1) is 12.8 Å². The Labute approximate surface area is 136 Å². The molecule has 23 heavy (non-hydrogen) atoms. The van der Waals surface area contributed by atoms with Gasteiger partial charge in [0.25, 0.3) is 0 Å². The van der Waals surface area contributed by atoms with Gasteiger partial charge < -0.3 is 9.64 Å². The first-order valence-electron chi connectivity index (χ1n) is 7.77. The van der Waals surface area contributed by atoms with Gasteiger partial charge in [-0.1, -0.05) is 12.1 Å². The van der Waals surface area contributed by atoms with Crippen LogP contribution >= 0.6 is 0 Å². The van der Waals surface area contributed by atoms with Crippen molar-refractivity contribution in [3.63, 3.8) is 0 Å². The zero-order valence-corrected chi connectivity index (χ0v) is 13.7. The molecule has 1 atom stereocenters. The lowest BCUT2D eigenvalue weighted by Gasteiger charge is -2.17. The van der Waals surface area contributed by atoms with E-state index >= 15 is 0 Å². The van der Waals surface area contributed by atoms with E-state index in [2.05, 4.69) is 22.5 Å². The van der Waals surface area contributed by atoms with Crippen LogP contribution in [-0.2, 0) is 7.05 Å². The summed E-state index contributed by atoms with van der Waals surface area (Å²) in [4.78, 5) is 14.3. The Morgan fingerprint density at radius 3 is 2.70 bits per heavy atom. The van der Waals surface area contributed by atoms with Gasteiger partial charge in [0.1, 0.15) is 11.6 Å². The van der Waals surface area contributed by atoms with Crippen LogP contribution in [0.15, 0.2) is 30.3 Å². The van der Waals surface area contributed by atoms with E-state index in [0.29, 0.717) is 5.92 Å². The van der Waals surface area contributed by atoms with E-state index in [9.17, 15) is 4.79 Å². The smallest absolute Gasteiger partial charge is 0.323 e. The second kappa shape index (κ2) is 6.32. The van der Waals surface area contributed by atoms with Crippen LogP contribution in [0.2, 0.25) is 0 Å². The number of aryl methyl sites for hydroxylation is 2. The third kappa shape index (κ3) is 3.31. The number of aromatic nitrogens is 2. The molecule has 1 N–H and O–H groups in total. The highest BCUT2D eigenvalue weighted by Crippen LogP contribution is 2.28. The highest BCUT2D eigenvalue weighted by molar-refractivity contribution is 5.88. The van der Waals surface area contributed by atoms with Crippen molar-refractivity contribution in [3.05, 3.63) is 41.6 Å². The van der Waals surface area contributed by atoms with E-state index in [1.54, 1.807) is 11.8 Å². The molecule has 0 bridgehead atoms. The minimum atomic E-state index is -0.0657. The molecule has 1 aliphatic rings. The lowest BCUT2D eigenvalue weighted by molar-refractivity contribution is 0.222. The van der Waals surface area contributed by atoms with Gasteiger partial charge in [-0.2, -0.15) is 5.10 Å². The van der Waals surface area contributed by atoms with Crippen LogP contribution in [-0.4, -0.2) is 40.9 Å². The fraction of sp³-hybridized carbons (Fsp3) is 0.412. The summed E-state index contributed by atoms with van der Waals surface area (Å²) in [5, 5.41) is 7.17. The van der Waals surface area contributed by atoms with Gasteiger partial charge in [0, 0.05) is 32.1 Å². The molecule has 6 nitrogen and oxygen atoms in total. The van der Waals surface area contributed by atoms with E-state index in [1.165, 1.54) is 5.56 Å². The van der Waals surface area contributed by atoms with Gasteiger partial charge in [-0.3, -0.25) is 10.00 Å². The van der Waals surface area contributed by atoms with Crippen LogP contribution in [0.1, 0.15) is 23.6 Å². The number of likely N-dealkylation sites (tertiary alicyclic amines) is 1. The molecule has 1 aromatic carbocycles. The van der Waals surface area contributed by atoms with E-state index in [-0.39, 0.29) is 6.03 Å². The molecule has 2 heterocycles. The minimum Gasteiger partial charge on any atom is -0.497 e. The monoisotopic (exact) mass is 314 g/mol. The molecular formula is C17H22N4O2. The number of hydrogen-bond acceptors (Lipinski definition) is 3. The summed E-state index contributed by atoms with van der Waals surface area (Å²) in [6, 6.07) is 9.90. The Kier molecular flexibility index (Phi) is 4.23. The Morgan fingerprint density at radius 2 is 2.09 bits per heavy atom. The van der Waals surface area contributed by atoms with Crippen molar-refractivity contribution in [3.8, 4) is 5.75 Å². The molecule has 0 aliphatic carbocycles. The summed E-state index contributed by atoms with van der Waals surface area (Å²) in [5.74, 6) is 1.95. The highest BCUT2D eigenvalue weighted by Gasteiger charge is 2.27. The number of rotatable bonds is 3. The molecule has 1 fully saturated rings. The third-order valence-corrected chi connectivity index (χ3v) is 4.30. The maximum absolute atomic E-state index is 12.4. The lowest BCUT2D eigenvalue weighted by Crippen LogP contribution is -2.33. The highest BCUT2D eigenvalue weighted by atomic mass is 16.5. The molecule has 2 aromatic rings. The quantitative estimate of drug-likeness (QED) is 0.947. The summed E-state index contributed by atoms with van der Waals surface area (Å²) in [6.07, 6.45) is 0.976. The summed E-state index contributed by atoms with van der Waals surface area (Å²) in [6.45, 7) is 3.40. The number of benzene rings is 1. The molecular weight excluding hydrogens is 292 g/mol. The van der Waals surface area contributed by atoms with Crippen LogP contribution < -0.4 is 10.1 Å². The summed E-state index contributed by atoms with van der Waals surface area (Å²) < 4.78 is 6.87. The second-order valence-electron chi connectivity index (χ2n) is 5.93. The van der Waals surface area contributed by atoms with E-state index in [1.807, 2.05) is 37.1 Å². The van der Waals surface area contributed by atoms with Crippen molar-refractivity contribution >= 4 is 11.8 Å². The van der Waals surface area contributed by atoms with Crippen molar-refractivity contribution in [1.82, 2.24) is 14.7 Å². The van der Waals surface area contributed by atoms with Crippen LogP contribution in [0.5, 0.6) is 5.75 Å². The average molecular weight is 314 g/mol. The standard InChI is InChI=1S/C17H22N4O2/c1-12-10-16(20(2)19-12)18-17(22)21-9-8-14(11-21)13-4-6-15(23-3)7-5-13/h4-7,10,14H,8-9,11H2,1-3H3,(H,18,22). The SMILES string of the molecule is COc1ccc(C2CCN(C(=O)Nc3cc(C)nn3C)C2)cc1. The fourth-order valence-corrected chi connectivity index (χ4v) is 3.01. The van der Waals surface area contributed by atoms with Gasteiger partial charge in [0.2, 0.25) is 0 Å². The van der Waals surface area contributed by atoms with Crippen LogP contribution in [0.25, 0.3) is 0 Å². The van der Waals surface area contributed by atoms with Crippen molar-refractivity contribution in [1.29, 1.82) is 0 Å². The van der Waals surface area contributed by atoms with E-state index < -0.39 is 0 Å². The number of carbonyl (C=O) groups is 1. The molecule has 2 amide bonds. The fourth-order valence-electron chi connectivity index (χ4n) is 3.01. The van der Waals surface area contributed by atoms with Crippen molar-refractivity contribution in [2.45, 2.75) is 19.3 Å². The van der Waals surface area contributed by atoms with Gasteiger partial charge in [-0.15, -0.1) is 0 Å². The molecule has 1 unspecified atom stereocenters. The molecule has 1 aliphatic heterocycles. The van der Waals surface area contributed by atoms with Crippen LogP contribution in [0.3, 0.4) is 0 Å². The summed E-state index contributed by atoms with van der Waals surface area (Å²) in [5.41, 5.74) is 2.14. The Balaban J connectivity index is 1.62. The number of carbonyl (C=O) groups excluding carboxylic acids is 1. The number of hydrogen-bond donors (Lipinski definition) is 1. The van der Waals surface area contributed by atoms with Crippen molar-refractivity contribution < 1.29 is 9.53 Å². The van der Waals surface area contributed by atoms with Crippen LogP contribution in [0.4, 0.5) is 10.6 Å². The number of ether oxygens (including phenoxy) is 1. The van der Waals surface area contributed by atoms with Gasteiger partial charge in [-0.25, -0.2) is 4.79 Å². The Morgan fingerprint density at radius 1 is 1.35 bits per heavy atom. The van der Waals surface area contributed by atoms with Crippen molar-refractivity contribution in [2.24, 2.45) is 7.05 Å². The predicted molar refractivity (Wildman–Crippen MR) is 88.9 cm³/mol. The van der Waals surface area contributed by atoms with Crippen molar-refractivity contribution in [2.75, 3.05) is 25.5 Å². The molecule has 0 spiro atoms. The number of amides is 2. The Hall–Kier alpha value is -2.50. The maximum Gasteiger partial charge on any atom is 0.323 e. The van der Waals surface area contributed by atoms with Gasteiger partial charge in [0.15, 0.2) is 0 Å². The molecule has 3 rings (SSSR count). The normalized spacial score (nSPS) is 17.3. The molecule has 1 saturated heterocycles. The maximum atomic E-state index is 12.4.